The second-order valence-corrected chi connectivity index (χ2v) is 1.97. The van der Waals surface area contributed by atoms with E-state index < -0.39 is 11.9 Å². The van der Waals surface area contributed by atoms with Crippen LogP contribution >= 0.6 is 0 Å². The maximum atomic E-state index is 11.8. The fourth-order valence-electron chi connectivity index (χ4n) is 0.544. The summed E-state index contributed by atoms with van der Waals surface area (Å²) in [5, 5.41) is 0. The van der Waals surface area contributed by atoms with E-state index in [1.165, 1.54) is 13.1 Å². The summed E-state index contributed by atoms with van der Waals surface area (Å²) >= 11 is 0. The van der Waals surface area contributed by atoms with Gasteiger partial charge in [0.2, 0.25) is 0 Å². The van der Waals surface area contributed by atoms with Gasteiger partial charge in [0, 0.05) is 6.20 Å². The molecule has 0 unspecified atom stereocenters. The van der Waals surface area contributed by atoms with Gasteiger partial charge in [-0.15, -0.1) is 0 Å². The van der Waals surface area contributed by atoms with E-state index in [0.717, 1.165) is 0 Å². The van der Waals surface area contributed by atoms with Crippen molar-refractivity contribution in [2.45, 2.75) is 13.1 Å². The summed E-state index contributed by atoms with van der Waals surface area (Å²) in [6.07, 6.45) is -1.46. The van der Waals surface area contributed by atoms with Gasteiger partial charge in [0.15, 0.2) is 5.69 Å². The van der Waals surface area contributed by atoms with Crippen molar-refractivity contribution >= 4 is 0 Å². The molecule has 1 heterocycles. The van der Waals surface area contributed by atoms with Crippen LogP contribution in [0.2, 0.25) is 0 Å². The smallest absolute Gasteiger partial charge is 0.250 e. The molecule has 0 aliphatic rings. The lowest BCUT2D eigenvalue weighted by Gasteiger charge is -2.03. The average Bonchev–Trinajstić information content (AvgIpc) is 1.86. The number of aromatic nitrogens is 2. The standard InChI is InChI=1S/C6H4F3N2/c1-4-2-10-3-5(11-4)6(7,8)9/h2H,1H3. The summed E-state index contributed by atoms with van der Waals surface area (Å²) in [6.45, 7) is 1.44. The molecule has 0 fully saturated rings. The molecular weight excluding hydrogens is 157 g/mol. The van der Waals surface area contributed by atoms with Gasteiger partial charge in [-0.05, 0) is 6.92 Å². The van der Waals surface area contributed by atoms with Gasteiger partial charge in [0.25, 0.3) is 0 Å². The van der Waals surface area contributed by atoms with Gasteiger partial charge in [-0.2, -0.15) is 13.2 Å². The summed E-state index contributed by atoms with van der Waals surface area (Å²) in [4.78, 5) is 6.44. The van der Waals surface area contributed by atoms with E-state index in [4.69, 9.17) is 0 Å². The van der Waals surface area contributed by atoms with Crippen molar-refractivity contribution in [3.05, 3.63) is 23.8 Å². The Kier molecular flexibility index (Phi) is 1.80. The molecule has 0 saturated carbocycles. The predicted molar refractivity (Wildman–Crippen MR) is 30.6 cm³/mol. The summed E-state index contributed by atoms with van der Waals surface area (Å²) in [6, 6.07) is 0. The van der Waals surface area contributed by atoms with Gasteiger partial charge < -0.3 is 0 Å². The maximum Gasteiger partial charge on any atom is 0.435 e. The van der Waals surface area contributed by atoms with Crippen LogP contribution in [0.25, 0.3) is 0 Å². The van der Waals surface area contributed by atoms with Crippen molar-refractivity contribution < 1.29 is 13.2 Å². The van der Waals surface area contributed by atoms with Gasteiger partial charge in [0.1, 0.15) is 6.20 Å². The van der Waals surface area contributed by atoms with Crippen molar-refractivity contribution in [2.24, 2.45) is 0 Å². The number of hydrogen-bond acceptors (Lipinski definition) is 2. The Balaban J connectivity index is 3.06. The first-order chi connectivity index (χ1) is 5.00. The second-order valence-electron chi connectivity index (χ2n) is 1.97. The molecule has 5 heteroatoms. The van der Waals surface area contributed by atoms with Gasteiger partial charge in [-0.1, -0.05) is 0 Å². The zero-order valence-corrected chi connectivity index (χ0v) is 5.61. The van der Waals surface area contributed by atoms with Crippen molar-refractivity contribution in [3.63, 3.8) is 0 Å². The third kappa shape index (κ3) is 1.89. The molecule has 0 atom stereocenters. The number of hydrogen-bond donors (Lipinski definition) is 0. The van der Waals surface area contributed by atoms with Crippen LogP contribution in [0.4, 0.5) is 13.2 Å². The Labute approximate surface area is 61.1 Å². The highest BCUT2D eigenvalue weighted by atomic mass is 19.4. The van der Waals surface area contributed by atoms with Crippen LogP contribution in [0.1, 0.15) is 11.4 Å². The number of alkyl halides is 3. The number of aryl methyl sites for hydroxylation is 1. The van der Waals surface area contributed by atoms with E-state index in [-0.39, 0.29) is 5.69 Å². The highest BCUT2D eigenvalue weighted by Gasteiger charge is 2.33. The molecule has 1 radical (unpaired) electrons. The first-order valence-electron chi connectivity index (χ1n) is 2.78. The minimum atomic E-state index is -4.45. The molecule has 0 saturated heterocycles. The summed E-state index contributed by atoms with van der Waals surface area (Å²) < 4.78 is 35.5. The van der Waals surface area contributed by atoms with Gasteiger partial charge in [-0.25, -0.2) is 4.98 Å². The van der Waals surface area contributed by atoms with Crippen molar-refractivity contribution in [2.75, 3.05) is 0 Å². The van der Waals surface area contributed by atoms with Crippen LogP contribution in [0.3, 0.4) is 0 Å². The zero-order valence-electron chi connectivity index (χ0n) is 5.61. The third-order valence-electron chi connectivity index (χ3n) is 0.979. The topological polar surface area (TPSA) is 25.8 Å². The fourth-order valence-corrected chi connectivity index (χ4v) is 0.544. The zero-order chi connectivity index (χ0) is 8.48. The van der Waals surface area contributed by atoms with Crippen LogP contribution in [0, 0.1) is 13.1 Å². The first-order valence-corrected chi connectivity index (χ1v) is 2.78. The second kappa shape index (κ2) is 2.48. The van der Waals surface area contributed by atoms with E-state index in [9.17, 15) is 13.2 Å². The minimum Gasteiger partial charge on any atom is -0.250 e. The van der Waals surface area contributed by atoms with E-state index in [0.29, 0.717) is 0 Å². The van der Waals surface area contributed by atoms with Crippen LogP contribution in [-0.4, -0.2) is 9.97 Å². The van der Waals surface area contributed by atoms with Crippen molar-refractivity contribution in [1.82, 2.24) is 9.97 Å². The summed E-state index contributed by atoms with van der Waals surface area (Å²) in [7, 11) is 0. The van der Waals surface area contributed by atoms with E-state index in [1.54, 1.807) is 6.20 Å². The van der Waals surface area contributed by atoms with Crippen LogP contribution < -0.4 is 0 Å². The molecule has 1 aromatic heterocycles. The molecule has 0 bridgehead atoms. The lowest BCUT2D eigenvalue weighted by molar-refractivity contribution is -0.141. The normalized spacial score (nSPS) is 11.6. The van der Waals surface area contributed by atoms with Crippen LogP contribution in [0.15, 0.2) is 6.20 Å². The van der Waals surface area contributed by atoms with Crippen LogP contribution in [-0.2, 0) is 6.18 Å². The molecule has 0 amide bonds. The highest BCUT2D eigenvalue weighted by Crippen LogP contribution is 2.26. The molecule has 1 aromatic rings. The summed E-state index contributed by atoms with van der Waals surface area (Å²) in [5.41, 5.74) is -0.839. The molecule has 11 heavy (non-hydrogen) atoms. The first kappa shape index (κ1) is 7.97. The predicted octanol–water partition coefficient (Wildman–Crippen LogP) is 1.60. The Morgan fingerprint density at radius 2 is 2.09 bits per heavy atom. The van der Waals surface area contributed by atoms with Crippen molar-refractivity contribution in [3.8, 4) is 0 Å². The van der Waals surface area contributed by atoms with Gasteiger partial charge in [0.05, 0.1) is 5.69 Å². The van der Waals surface area contributed by atoms with Crippen molar-refractivity contribution in [1.29, 1.82) is 0 Å². The number of rotatable bonds is 0. The molecule has 2 nitrogen and oxygen atoms in total. The molecule has 59 valence electrons. The molecule has 0 aromatic carbocycles. The molecule has 1 rings (SSSR count). The number of halogens is 3. The fraction of sp³-hybridized carbons (Fsp3) is 0.333. The summed E-state index contributed by atoms with van der Waals surface area (Å²) in [5.74, 6) is 0. The Morgan fingerprint density at radius 3 is 2.45 bits per heavy atom. The Bertz CT molecular complexity index is 256. The van der Waals surface area contributed by atoms with E-state index >= 15 is 0 Å². The molecule has 0 aliphatic carbocycles. The average molecular weight is 161 g/mol. The molecule has 0 N–H and O–H groups in total. The Morgan fingerprint density at radius 1 is 1.45 bits per heavy atom. The monoisotopic (exact) mass is 161 g/mol. The largest absolute Gasteiger partial charge is 0.435 e. The third-order valence-corrected chi connectivity index (χ3v) is 0.979. The lowest BCUT2D eigenvalue weighted by Crippen LogP contribution is -2.09. The maximum absolute atomic E-state index is 11.8. The highest BCUT2D eigenvalue weighted by molar-refractivity contribution is 5.03. The Hall–Kier alpha value is -1.13. The van der Waals surface area contributed by atoms with E-state index in [2.05, 4.69) is 9.97 Å². The van der Waals surface area contributed by atoms with Crippen LogP contribution in [0.5, 0.6) is 0 Å². The number of nitrogens with zero attached hydrogens (tertiary/aromatic N) is 2. The quantitative estimate of drug-likeness (QED) is 0.577. The van der Waals surface area contributed by atoms with E-state index in [1.807, 2.05) is 0 Å². The molecule has 0 spiro atoms. The molecule has 0 aliphatic heterocycles. The SMILES string of the molecule is Cc1cn[c]c(C(F)(F)F)n1. The minimum absolute atomic E-state index is 0.232. The van der Waals surface area contributed by atoms with Gasteiger partial charge in [-0.3, -0.25) is 4.98 Å². The van der Waals surface area contributed by atoms with Gasteiger partial charge >= 0.3 is 6.18 Å². The lowest BCUT2D eigenvalue weighted by atomic mass is 10.4. The molecular formula is C6H4F3N2.